The number of rotatable bonds is 10. The van der Waals surface area contributed by atoms with Gasteiger partial charge in [-0.1, -0.05) is 70.1 Å². The number of para-hydroxylation sites is 1. The minimum Gasteiger partial charge on any atom is -0.392 e. The molecule has 0 spiro atoms. The number of aryl methyl sites for hydroxylation is 1. The van der Waals surface area contributed by atoms with E-state index in [1.54, 1.807) is 0 Å². The molecule has 21 heavy (non-hydrogen) atoms. The van der Waals surface area contributed by atoms with Gasteiger partial charge in [-0.05, 0) is 12.5 Å². The molecule has 1 heterocycles. The lowest BCUT2D eigenvalue weighted by molar-refractivity contribution is 0.283. The van der Waals surface area contributed by atoms with Crippen LogP contribution in [-0.4, -0.2) is 9.67 Å². The van der Waals surface area contributed by atoms with E-state index in [0.29, 0.717) is 0 Å². The largest absolute Gasteiger partial charge is 0.392 e. The van der Waals surface area contributed by atoms with Crippen LogP contribution < -0.4 is 0 Å². The number of unbranched alkanes of at least 4 members (excludes halogenated alkanes) is 7. The lowest BCUT2D eigenvalue weighted by atomic mass is 10.1. The monoisotopic (exact) mass is 287 g/mol. The number of hydrogen-bond donors (Lipinski definition) is 1. The van der Waals surface area contributed by atoms with Crippen LogP contribution in [0, 0.1) is 0 Å². The fourth-order valence-corrected chi connectivity index (χ4v) is 3.05. The maximum atomic E-state index is 9.45. The first-order chi connectivity index (χ1) is 10.4. The number of aromatic nitrogens is 1. The third-order valence-corrected chi connectivity index (χ3v) is 4.29. The van der Waals surface area contributed by atoms with Gasteiger partial charge in [0.15, 0.2) is 0 Å². The zero-order valence-corrected chi connectivity index (χ0v) is 13.4. The fourth-order valence-electron chi connectivity index (χ4n) is 3.05. The van der Waals surface area contributed by atoms with E-state index in [4.69, 9.17) is 0 Å². The van der Waals surface area contributed by atoms with Gasteiger partial charge in [-0.25, -0.2) is 0 Å². The van der Waals surface area contributed by atoms with Gasteiger partial charge in [-0.2, -0.15) is 0 Å². The molecule has 2 rings (SSSR count). The number of fused-ring (bicyclic) bond motifs is 1. The molecule has 0 aliphatic rings. The van der Waals surface area contributed by atoms with Crippen molar-refractivity contribution < 1.29 is 5.11 Å². The smallest absolute Gasteiger partial charge is 0.0702 e. The first-order valence-electron chi connectivity index (χ1n) is 8.54. The molecule has 0 aliphatic carbocycles. The topological polar surface area (TPSA) is 25.2 Å². The number of benzene rings is 1. The van der Waals surface area contributed by atoms with Crippen molar-refractivity contribution in [1.29, 1.82) is 0 Å². The summed E-state index contributed by atoms with van der Waals surface area (Å²) in [6.45, 7) is 3.46. The fraction of sp³-hybridized carbons (Fsp3) is 0.579. The highest BCUT2D eigenvalue weighted by atomic mass is 16.3. The lowest BCUT2D eigenvalue weighted by Crippen LogP contribution is -1.96. The van der Waals surface area contributed by atoms with Crippen LogP contribution in [0.25, 0.3) is 10.9 Å². The molecule has 2 nitrogen and oxygen atoms in total. The molecule has 2 heteroatoms. The molecule has 0 radical (unpaired) electrons. The highest BCUT2D eigenvalue weighted by Gasteiger charge is 2.06. The summed E-state index contributed by atoms with van der Waals surface area (Å²) in [5, 5.41) is 10.6. The average molecular weight is 287 g/mol. The van der Waals surface area contributed by atoms with Gasteiger partial charge in [0.25, 0.3) is 0 Å². The van der Waals surface area contributed by atoms with Crippen molar-refractivity contribution in [3.05, 3.63) is 36.0 Å². The first kappa shape index (κ1) is 16.1. The molecule has 0 fully saturated rings. The van der Waals surface area contributed by atoms with E-state index in [1.807, 2.05) is 6.07 Å². The van der Waals surface area contributed by atoms with Crippen LogP contribution in [-0.2, 0) is 13.2 Å². The van der Waals surface area contributed by atoms with Crippen LogP contribution in [0.4, 0.5) is 0 Å². The molecule has 0 saturated heterocycles. The molecule has 1 N–H and O–H groups in total. The number of hydrogen-bond acceptors (Lipinski definition) is 1. The van der Waals surface area contributed by atoms with Gasteiger partial charge in [0.2, 0.25) is 0 Å². The quantitative estimate of drug-likeness (QED) is 0.591. The Labute approximate surface area is 128 Å². The molecule has 0 amide bonds. The standard InChI is InChI=1S/C19H29NO/c1-2-3-4-5-6-7-8-11-14-20-15-17(16-21)18-12-9-10-13-19(18)20/h9-10,12-13,15,21H,2-8,11,14,16H2,1H3. The van der Waals surface area contributed by atoms with Gasteiger partial charge in [0.1, 0.15) is 0 Å². The molecule has 1 aromatic heterocycles. The van der Waals surface area contributed by atoms with Crippen molar-refractivity contribution in [2.24, 2.45) is 0 Å². The molecule has 2 aromatic rings. The molecule has 1 aromatic carbocycles. The zero-order valence-electron chi connectivity index (χ0n) is 13.4. The Balaban J connectivity index is 1.76. The molecule has 0 saturated carbocycles. The van der Waals surface area contributed by atoms with E-state index in [0.717, 1.165) is 12.1 Å². The molecule has 0 atom stereocenters. The number of aliphatic hydroxyl groups is 1. The predicted molar refractivity (Wildman–Crippen MR) is 90.5 cm³/mol. The van der Waals surface area contributed by atoms with E-state index >= 15 is 0 Å². The summed E-state index contributed by atoms with van der Waals surface area (Å²) in [4.78, 5) is 0. The minimum absolute atomic E-state index is 0.130. The van der Waals surface area contributed by atoms with E-state index in [1.165, 1.54) is 62.3 Å². The Morgan fingerprint density at radius 2 is 1.57 bits per heavy atom. The highest BCUT2D eigenvalue weighted by molar-refractivity contribution is 5.83. The number of aliphatic hydroxyl groups excluding tert-OH is 1. The summed E-state index contributed by atoms with van der Waals surface area (Å²) in [6, 6.07) is 8.38. The van der Waals surface area contributed by atoms with Gasteiger partial charge in [0, 0.05) is 29.2 Å². The molecule has 0 aliphatic heterocycles. The Morgan fingerprint density at radius 1 is 0.905 bits per heavy atom. The normalized spacial score (nSPS) is 11.3. The maximum Gasteiger partial charge on any atom is 0.0702 e. The maximum absolute atomic E-state index is 9.45. The van der Waals surface area contributed by atoms with E-state index in [2.05, 4.69) is 35.9 Å². The van der Waals surface area contributed by atoms with E-state index in [9.17, 15) is 5.11 Å². The number of nitrogens with zero attached hydrogens (tertiary/aromatic N) is 1. The Kier molecular flexibility index (Phi) is 6.81. The van der Waals surface area contributed by atoms with Crippen LogP contribution >= 0.6 is 0 Å². The minimum atomic E-state index is 0.130. The molecular formula is C19H29NO. The van der Waals surface area contributed by atoms with Crippen molar-refractivity contribution in [3.8, 4) is 0 Å². The van der Waals surface area contributed by atoms with Crippen molar-refractivity contribution in [2.75, 3.05) is 0 Å². The van der Waals surface area contributed by atoms with Crippen molar-refractivity contribution in [3.63, 3.8) is 0 Å². The van der Waals surface area contributed by atoms with Crippen molar-refractivity contribution in [1.82, 2.24) is 4.57 Å². The molecule has 116 valence electrons. The van der Waals surface area contributed by atoms with E-state index in [-0.39, 0.29) is 6.61 Å². The molecule has 0 bridgehead atoms. The summed E-state index contributed by atoms with van der Waals surface area (Å²) >= 11 is 0. The van der Waals surface area contributed by atoms with Crippen LogP contribution in [0.1, 0.15) is 63.9 Å². The summed E-state index contributed by atoms with van der Waals surface area (Å²) in [5.74, 6) is 0. The van der Waals surface area contributed by atoms with Gasteiger partial charge in [0.05, 0.1) is 6.61 Å². The van der Waals surface area contributed by atoms with Crippen LogP contribution in [0.3, 0.4) is 0 Å². The summed E-state index contributed by atoms with van der Waals surface area (Å²) < 4.78 is 2.30. The third-order valence-electron chi connectivity index (χ3n) is 4.29. The van der Waals surface area contributed by atoms with Gasteiger partial charge >= 0.3 is 0 Å². The van der Waals surface area contributed by atoms with Crippen LogP contribution in [0.5, 0.6) is 0 Å². The van der Waals surface area contributed by atoms with Crippen molar-refractivity contribution in [2.45, 2.75) is 71.4 Å². The summed E-state index contributed by atoms with van der Waals surface area (Å²) in [7, 11) is 0. The van der Waals surface area contributed by atoms with Gasteiger partial charge in [-0.15, -0.1) is 0 Å². The van der Waals surface area contributed by atoms with Gasteiger partial charge < -0.3 is 9.67 Å². The predicted octanol–water partition coefficient (Wildman–Crippen LogP) is 5.27. The summed E-state index contributed by atoms with van der Waals surface area (Å²) in [6.07, 6.45) is 12.9. The second-order valence-corrected chi connectivity index (χ2v) is 6.00. The SMILES string of the molecule is CCCCCCCCCCn1cc(CO)c2ccccc21. The second-order valence-electron chi connectivity index (χ2n) is 6.00. The highest BCUT2D eigenvalue weighted by Crippen LogP contribution is 2.22. The third kappa shape index (κ3) is 4.60. The first-order valence-corrected chi connectivity index (χ1v) is 8.54. The van der Waals surface area contributed by atoms with Crippen LogP contribution in [0.15, 0.2) is 30.5 Å². The second kappa shape index (κ2) is 8.89. The van der Waals surface area contributed by atoms with Gasteiger partial charge in [-0.3, -0.25) is 0 Å². The van der Waals surface area contributed by atoms with Crippen molar-refractivity contribution >= 4 is 10.9 Å². The average Bonchev–Trinajstić information content (AvgIpc) is 2.88. The zero-order chi connectivity index (χ0) is 14.9. The molecule has 0 unspecified atom stereocenters. The Hall–Kier alpha value is -1.28. The lowest BCUT2D eigenvalue weighted by Gasteiger charge is -2.05. The summed E-state index contributed by atoms with van der Waals surface area (Å²) in [5.41, 5.74) is 2.30. The van der Waals surface area contributed by atoms with E-state index < -0.39 is 0 Å². The van der Waals surface area contributed by atoms with Crippen LogP contribution in [0.2, 0.25) is 0 Å². The molecular weight excluding hydrogens is 258 g/mol. The Morgan fingerprint density at radius 3 is 2.29 bits per heavy atom. The Bertz CT molecular complexity index is 529.